The third-order valence-corrected chi connectivity index (χ3v) is 4.67. The van der Waals surface area contributed by atoms with E-state index in [1.165, 1.54) is 23.3 Å². The number of nitro groups is 1. The predicted molar refractivity (Wildman–Crippen MR) is 116 cm³/mol. The lowest BCUT2D eigenvalue weighted by Gasteiger charge is -2.24. The first kappa shape index (κ1) is 21.6. The van der Waals surface area contributed by atoms with Gasteiger partial charge in [0.25, 0.3) is 5.69 Å². The van der Waals surface area contributed by atoms with Crippen molar-refractivity contribution in [2.45, 2.75) is 45.4 Å². The molecule has 0 aliphatic rings. The van der Waals surface area contributed by atoms with Crippen molar-refractivity contribution in [2.24, 2.45) is 5.73 Å². The van der Waals surface area contributed by atoms with Crippen LogP contribution in [0.15, 0.2) is 36.4 Å². The number of nitrogens with zero attached hydrogens (tertiary/aromatic N) is 1. The molecule has 0 unspecified atom stereocenters. The lowest BCUT2D eigenvalue weighted by molar-refractivity contribution is -0.384. The van der Waals surface area contributed by atoms with Crippen LogP contribution in [0, 0.1) is 10.1 Å². The first-order chi connectivity index (χ1) is 13.3. The summed E-state index contributed by atoms with van der Waals surface area (Å²) in [4.78, 5) is 10.4. The quantitative estimate of drug-likeness (QED) is 0.289. The van der Waals surface area contributed by atoms with E-state index in [1.54, 1.807) is 19.2 Å². The molecule has 0 spiro atoms. The Morgan fingerprint density at radius 1 is 1.11 bits per heavy atom. The summed E-state index contributed by atoms with van der Waals surface area (Å²) in [7, 11) is 1.70. The van der Waals surface area contributed by atoms with Gasteiger partial charge in [-0.25, -0.2) is 0 Å². The number of unbranched alkanes of at least 4 members (excludes halogenated alkanes) is 1. The van der Waals surface area contributed by atoms with Gasteiger partial charge in [-0.3, -0.25) is 10.1 Å². The van der Waals surface area contributed by atoms with E-state index in [0.717, 1.165) is 36.1 Å². The minimum absolute atomic E-state index is 0.0504. The standard InChI is InChI=1S/C23H30N2O3/c1-23(2,3)21-16-18(7-5-6-14-24)15-19(22(21)28-4)11-8-17-9-12-20(13-10-17)25(26)27/h8-13,15-16H,5-7,14,24H2,1-4H3/b11-8+. The Morgan fingerprint density at radius 3 is 2.32 bits per heavy atom. The Morgan fingerprint density at radius 2 is 1.79 bits per heavy atom. The third-order valence-electron chi connectivity index (χ3n) is 4.67. The Bertz CT molecular complexity index is 834. The molecule has 0 aliphatic carbocycles. The van der Waals surface area contributed by atoms with Crippen molar-refractivity contribution in [3.05, 3.63) is 68.8 Å². The van der Waals surface area contributed by atoms with E-state index >= 15 is 0 Å². The van der Waals surface area contributed by atoms with Crippen LogP contribution < -0.4 is 10.5 Å². The van der Waals surface area contributed by atoms with Gasteiger partial charge in [-0.05, 0) is 60.5 Å². The van der Waals surface area contributed by atoms with Gasteiger partial charge in [0.1, 0.15) is 5.75 Å². The Labute approximate surface area is 167 Å². The Hall–Kier alpha value is -2.66. The molecular formula is C23H30N2O3. The summed E-state index contributed by atoms with van der Waals surface area (Å²) in [5.41, 5.74) is 10.0. The maximum absolute atomic E-state index is 10.8. The zero-order chi connectivity index (χ0) is 20.7. The molecule has 0 saturated heterocycles. The number of hydrogen-bond donors (Lipinski definition) is 1. The molecule has 0 amide bonds. The molecule has 0 atom stereocenters. The molecule has 2 rings (SSSR count). The van der Waals surface area contributed by atoms with Gasteiger partial charge >= 0.3 is 0 Å². The fourth-order valence-corrected chi connectivity index (χ4v) is 3.13. The molecule has 5 heteroatoms. The molecule has 0 aliphatic heterocycles. The maximum atomic E-state index is 10.8. The topological polar surface area (TPSA) is 78.4 Å². The van der Waals surface area contributed by atoms with E-state index in [4.69, 9.17) is 10.5 Å². The smallest absolute Gasteiger partial charge is 0.269 e. The summed E-state index contributed by atoms with van der Waals surface area (Å²) in [5.74, 6) is 0.869. The molecule has 0 bridgehead atoms. The van der Waals surface area contributed by atoms with Crippen molar-refractivity contribution in [2.75, 3.05) is 13.7 Å². The van der Waals surface area contributed by atoms with Gasteiger partial charge in [-0.2, -0.15) is 0 Å². The number of ether oxygens (including phenoxy) is 1. The van der Waals surface area contributed by atoms with E-state index in [9.17, 15) is 10.1 Å². The number of non-ortho nitro benzene ring substituents is 1. The molecule has 5 nitrogen and oxygen atoms in total. The monoisotopic (exact) mass is 382 g/mol. The molecule has 0 saturated carbocycles. The molecule has 150 valence electrons. The molecule has 28 heavy (non-hydrogen) atoms. The number of hydrogen-bond acceptors (Lipinski definition) is 4. The largest absolute Gasteiger partial charge is 0.496 e. The third kappa shape index (κ3) is 5.67. The van der Waals surface area contributed by atoms with Gasteiger partial charge in [0.2, 0.25) is 0 Å². The summed E-state index contributed by atoms with van der Waals surface area (Å²) < 4.78 is 5.76. The van der Waals surface area contributed by atoms with Crippen LogP contribution in [0.3, 0.4) is 0 Å². The Kier molecular flexibility index (Phi) is 7.35. The zero-order valence-electron chi connectivity index (χ0n) is 17.2. The van der Waals surface area contributed by atoms with Gasteiger partial charge in [-0.1, -0.05) is 39.0 Å². The average molecular weight is 383 g/mol. The fraction of sp³-hybridized carbons (Fsp3) is 0.391. The first-order valence-corrected chi connectivity index (χ1v) is 9.60. The normalized spacial score (nSPS) is 11.8. The second kappa shape index (κ2) is 9.51. The molecule has 0 heterocycles. The minimum atomic E-state index is -0.392. The SMILES string of the molecule is COc1c(/C=C/c2ccc([N+](=O)[O-])cc2)cc(CCCCN)cc1C(C)(C)C. The summed E-state index contributed by atoms with van der Waals surface area (Å²) in [6.45, 7) is 7.24. The molecule has 2 aromatic carbocycles. The summed E-state index contributed by atoms with van der Waals surface area (Å²) in [6, 6.07) is 10.9. The van der Waals surface area contributed by atoms with Crippen molar-refractivity contribution in [3.63, 3.8) is 0 Å². The van der Waals surface area contributed by atoms with E-state index in [2.05, 4.69) is 32.9 Å². The van der Waals surface area contributed by atoms with Crippen LogP contribution in [0.2, 0.25) is 0 Å². The number of rotatable bonds is 8. The van der Waals surface area contributed by atoms with E-state index in [1.807, 2.05) is 12.2 Å². The van der Waals surface area contributed by atoms with Gasteiger partial charge in [0.15, 0.2) is 0 Å². The maximum Gasteiger partial charge on any atom is 0.269 e. The summed E-state index contributed by atoms with van der Waals surface area (Å²) >= 11 is 0. The van der Waals surface area contributed by atoms with E-state index in [0.29, 0.717) is 6.54 Å². The molecular weight excluding hydrogens is 352 g/mol. The highest BCUT2D eigenvalue weighted by Gasteiger charge is 2.21. The molecule has 0 fully saturated rings. The minimum Gasteiger partial charge on any atom is -0.496 e. The highest BCUT2D eigenvalue weighted by molar-refractivity contribution is 5.74. The lowest BCUT2D eigenvalue weighted by Crippen LogP contribution is -2.14. The van der Waals surface area contributed by atoms with Crippen LogP contribution >= 0.6 is 0 Å². The van der Waals surface area contributed by atoms with Crippen LogP contribution in [-0.4, -0.2) is 18.6 Å². The second-order valence-electron chi connectivity index (χ2n) is 7.94. The average Bonchev–Trinajstić information content (AvgIpc) is 2.65. The van der Waals surface area contributed by atoms with E-state index < -0.39 is 4.92 Å². The highest BCUT2D eigenvalue weighted by atomic mass is 16.6. The summed E-state index contributed by atoms with van der Waals surface area (Å²) in [5, 5.41) is 10.8. The Balaban J connectivity index is 2.41. The first-order valence-electron chi connectivity index (χ1n) is 9.60. The highest BCUT2D eigenvalue weighted by Crippen LogP contribution is 2.36. The van der Waals surface area contributed by atoms with Crippen molar-refractivity contribution in [1.82, 2.24) is 0 Å². The molecule has 2 aromatic rings. The van der Waals surface area contributed by atoms with Crippen molar-refractivity contribution in [3.8, 4) is 5.75 Å². The number of nitro benzene ring substituents is 1. The second-order valence-corrected chi connectivity index (χ2v) is 7.94. The zero-order valence-corrected chi connectivity index (χ0v) is 17.2. The summed E-state index contributed by atoms with van der Waals surface area (Å²) in [6.07, 6.45) is 7.00. The molecule has 2 N–H and O–H groups in total. The molecule has 0 aromatic heterocycles. The predicted octanol–water partition coefficient (Wildman–Crippen LogP) is 5.35. The van der Waals surface area contributed by atoms with Gasteiger partial charge in [-0.15, -0.1) is 0 Å². The lowest BCUT2D eigenvalue weighted by atomic mass is 9.83. The van der Waals surface area contributed by atoms with Crippen LogP contribution in [-0.2, 0) is 11.8 Å². The number of aryl methyl sites for hydroxylation is 1. The number of benzene rings is 2. The fourth-order valence-electron chi connectivity index (χ4n) is 3.13. The molecule has 0 radical (unpaired) electrons. The van der Waals surface area contributed by atoms with Crippen molar-refractivity contribution in [1.29, 1.82) is 0 Å². The number of methoxy groups -OCH3 is 1. The van der Waals surface area contributed by atoms with Crippen LogP contribution in [0.5, 0.6) is 5.75 Å². The van der Waals surface area contributed by atoms with E-state index in [-0.39, 0.29) is 11.1 Å². The van der Waals surface area contributed by atoms with Crippen molar-refractivity contribution >= 4 is 17.8 Å². The van der Waals surface area contributed by atoms with Crippen molar-refractivity contribution < 1.29 is 9.66 Å². The van der Waals surface area contributed by atoms with Crippen LogP contribution in [0.1, 0.15) is 55.9 Å². The van der Waals surface area contributed by atoms with Crippen LogP contribution in [0.25, 0.3) is 12.2 Å². The van der Waals surface area contributed by atoms with Crippen LogP contribution in [0.4, 0.5) is 5.69 Å². The number of nitrogens with two attached hydrogens (primary N) is 1. The van der Waals surface area contributed by atoms with Gasteiger partial charge in [0.05, 0.1) is 12.0 Å². The van der Waals surface area contributed by atoms with Gasteiger partial charge in [0, 0.05) is 23.3 Å². The van der Waals surface area contributed by atoms with Gasteiger partial charge < -0.3 is 10.5 Å².